The molecule has 0 amide bonds. The second kappa shape index (κ2) is 7.43. The van der Waals surface area contributed by atoms with E-state index >= 15 is 0 Å². The highest BCUT2D eigenvalue weighted by Crippen LogP contribution is 2.33. The molecule has 1 aliphatic rings. The molecule has 2 rings (SSSR count). The Bertz CT molecular complexity index is 438. The van der Waals surface area contributed by atoms with E-state index in [-0.39, 0.29) is 0 Å². The first-order valence-electron chi connectivity index (χ1n) is 7.51. The van der Waals surface area contributed by atoms with Crippen molar-refractivity contribution in [1.29, 1.82) is 0 Å². The maximum absolute atomic E-state index is 9.02. The number of aliphatic hydroxyl groups is 1. The number of hydrogen-bond acceptors (Lipinski definition) is 3. The van der Waals surface area contributed by atoms with Gasteiger partial charge in [0.15, 0.2) is 0 Å². The van der Waals surface area contributed by atoms with Crippen molar-refractivity contribution in [2.24, 2.45) is 0 Å². The van der Waals surface area contributed by atoms with Gasteiger partial charge in [-0.2, -0.15) is 0 Å². The van der Waals surface area contributed by atoms with Gasteiger partial charge in [0.1, 0.15) is 0 Å². The van der Waals surface area contributed by atoms with Crippen molar-refractivity contribution in [2.75, 3.05) is 25.1 Å². The van der Waals surface area contributed by atoms with Crippen molar-refractivity contribution < 1.29 is 5.11 Å². The Morgan fingerprint density at radius 3 is 2.95 bits per heavy atom. The number of hydrogen-bond donors (Lipinski definition) is 2. The van der Waals surface area contributed by atoms with Crippen LogP contribution in [0, 0.1) is 0 Å². The van der Waals surface area contributed by atoms with Crippen molar-refractivity contribution >= 4 is 21.6 Å². The molecule has 0 saturated carbocycles. The second-order valence-corrected chi connectivity index (χ2v) is 6.43. The molecule has 112 valence electrons. The van der Waals surface area contributed by atoms with Crippen LogP contribution in [0.1, 0.15) is 44.2 Å². The molecule has 1 saturated heterocycles. The van der Waals surface area contributed by atoms with Gasteiger partial charge in [0.25, 0.3) is 0 Å². The zero-order chi connectivity index (χ0) is 14.5. The van der Waals surface area contributed by atoms with Gasteiger partial charge < -0.3 is 15.3 Å². The Kier molecular flexibility index (Phi) is 5.87. The fraction of sp³-hybridized carbons (Fsp3) is 0.625. The van der Waals surface area contributed by atoms with Gasteiger partial charge in [0.2, 0.25) is 0 Å². The lowest BCUT2D eigenvalue weighted by atomic mass is 10.1. The molecule has 1 heterocycles. The van der Waals surface area contributed by atoms with Gasteiger partial charge >= 0.3 is 0 Å². The van der Waals surface area contributed by atoms with Crippen LogP contribution in [0.2, 0.25) is 0 Å². The van der Waals surface area contributed by atoms with Crippen LogP contribution >= 0.6 is 15.9 Å². The lowest BCUT2D eigenvalue weighted by Crippen LogP contribution is -2.29. The fourth-order valence-corrected chi connectivity index (χ4v) is 3.71. The molecule has 0 bridgehead atoms. The molecule has 0 radical (unpaired) electrons. The highest BCUT2D eigenvalue weighted by atomic mass is 79.9. The standard InChI is InChI=1S/C16H25BrN2O/c1-12(18-2)15-8-7-14(11-16(15)17)19-9-3-5-13(19)6-4-10-20/h7-8,11-13,18,20H,3-6,9-10H2,1-2H3. The highest BCUT2D eigenvalue weighted by Gasteiger charge is 2.24. The predicted octanol–water partition coefficient (Wildman–Crippen LogP) is 3.47. The molecule has 0 aromatic heterocycles. The normalized spacial score (nSPS) is 20.4. The van der Waals surface area contributed by atoms with Gasteiger partial charge in [-0.3, -0.25) is 0 Å². The first-order valence-corrected chi connectivity index (χ1v) is 8.31. The van der Waals surface area contributed by atoms with Gasteiger partial charge in [-0.05, 0) is 57.4 Å². The third kappa shape index (κ3) is 3.54. The summed E-state index contributed by atoms with van der Waals surface area (Å²) in [6.07, 6.45) is 4.48. The fourth-order valence-electron chi connectivity index (χ4n) is 3.00. The minimum absolute atomic E-state index is 0.298. The Morgan fingerprint density at radius 1 is 1.50 bits per heavy atom. The number of aliphatic hydroxyl groups excluding tert-OH is 1. The maximum atomic E-state index is 9.02. The number of halogens is 1. The van der Waals surface area contributed by atoms with E-state index < -0.39 is 0 Å². The summed E-state index contributed by atoms with van der Waals surface area (Å²) in [6, 6.07) is 7.61. The quantitative estimate of drug-likeness (QED) is 0.832. The van der Waals surface area contributed by atoms with E-state index in [0.29, 0.717) is 18.7 Å². The molecule has 2 atom stereocenters. The molecule has 2 unspecified atom stereocenters. The number of anilines is 1. The number of benzene rings is 1. The van der Waals surface area contributed by atoms with Gasteiger partial charge in [0.05, 0.1) is 0 Å². The number of nitrogens with zero attached hydrogens (tertiary/aromatic N) is 1. The van der Waals surface area contributed by atoms with Gasteiger partial charge in [-0.1, -0.05) is 22.0 Å². The average Bonchev–Trinajstić information content (AvgIpc) is 2.92. The van der Waals surface area contributed by atoms with Crippen LogP contribution in [0.5, 0.6) is 0 Å². The zero-order valence-corrected chi connectivity index (χ0v) is 14.0. The summed E-state index contributed by atoms with van der Waals surface area (Å²) in [4.78, 5) is 2.49. The summed E-state index contributed by atoms with van der Waals surface area (Å²) in [6.45, 7) is 3.59. The summed E-state index contributed by atoms with van der Waals surface area (Å²) in [5, 5.41) is 12.3. The molecular weight excluding hydrogens is 316 g/mol. The molecule has 4 heteroatoms. The van der Waals surface area contributed by atoms with Gasteiger partial charge in [-0.15, -0.1) is 0 Å². The lowest BCUT2D eigenvalue weighted by Gasteiger charge is -2.27. The van der Waals surface area contributed by atoms with Crippen LogP contribution in [0.25, 0.3) is 0 Å². The summed E-state index contributed by atoms with van der Waals surface area (Å²) in [5.41, 5.74) is 2.59. The van der Waals surface area contributed by atoms with E-state index in [4.69, 9.17) is 5.11 Å². The molecule has 3 nitrogen and oxygen atoms in total. The zero-order valence-electron chi connectivity index (χ0n) is 12.4. The van der Waals surface area contributed by atoms with Crippen molar-refractivity contribution in [2.45, 2.75) is 44.7 Å². The van der Waals surface area contributed by atoms with Crippen molar-refractivity contribution in [3.8, 4) is 0 Å². The smallest absolute Gasteiger partial charge is 0.0431 e. The van der Waals surface area contributed by atoms with Crippen LogP contribution in [-0.4, -0.2) is 31.3 Å². The van der Waals surface area contributed by atoms with Gasteiger partial charge in [-0.25, -0.2) is 0 Å². The van der Waals surface area contributed by atoms with Crippen molar-refractivity contribution in [1.82, 2.24) is 5.32 Å². The van der Waals surface area contributed by atoms with Crippen LogP contribution in [0.3, 0.4) is 0 Å². The first-order chi connectivity index (χ1) is 9.67. The molecule has 1 aliphatic heterocycles. The number of nitrogens with one attached hydrogen (secondary N) is 1. The van der Waals surface area contributed by atoms with Crippen LogP contribution < -0.4 is 10.2 Å². The topological polar surface area (TPSA) is 35.5 Å². The Balaban J connectivity index is 2.14. The monoisotopic (exact) mass is 340 g/mol. The van der Waals surface area contributed by atoms with Crippen molar-refractivity contribution in [3.05, 3.63) is 28.2 Å². The SMILES string of the molecule is CNC(C)c1ccc(N2CCCC2CCCO)cc1Br. The molecule has 1 fully saturated rings. The Labute approximate surface area is 130 Å². The second-order valence-electron chi connectivity index (χ2n) is 5.57. The molecule has 0 aliphatic carbocycles. The summed E-state index contributed by atoms with van der Waals surface area (Å²) < 4.78 is 1.17. The predicted molar refractivity (Wildman–Crippen MR) is 88.3 cm³/mol. The van der Waals surface area contributed by atoms with E-state index in [1.165, 1.54) is 28.6 Å². The average molecular weight is 341 g/mol. The largest absolute Gasteiger partial charge is 0.396 e. The molecule has 0 spiro atoms. The molecule has 20 heavy (non-hydrogen) atoms. The number of rotatable bonds is 6. The van der Waals surface area contributed by atoms with E-state index in [2.05, 4.69) is 51.3 Å². The summed E-state index contributed by atoms with van der Waals surface area (Å²) in [5.74, 6) is 0. The maximum Gasteiger partial charge on any atom is 0.0431 e. The Hall–Kier alpha value is -0.580. The Morgan fingerprint density at radius 2 is 2.30 bits per heavy atom. The van der Waals surface area contributed by atoms with E-state index in [0.717, 1.165) is 19.4 Å². The van der Waals surface area contributed by atoms with Crippen LogP contribution in [0.4, 0.5) is 5.69 Å². The minimum atomic E-state index is 0.298. The molecule has 2 N–H and O–H groups in total. The molecule has 1 aromatic rings. The van der Waals surface area contributed by atoms with E-state index in [1.807, 2.05) is 7.05 Å². The first kappa shape index (κ1) is 15.8. The van der Waals surface area contributed by atoms with Crippen LogP contribution in [0.15, 0.2) is 22.7 Å². The van der Waals surface area contributed by atoms with Crippen LogP contribution in [-0.2, 0) is 0 Å². The van der Waals surface area contributed by atoms with Crippen molar-refractivity contribution in [3.63, 3.8) is 0 Å². The van der Waals surface area contributed by atoms with Gasteiger partial charge in [0, 0.05) is 35.4 Å². The third-order valence-electron chi connectivity index (χ3n) is 4.29. The minimum Gasteiger partial charge on any atom is -0.396 e. The van der Waals surface area contributed by atoms with E-state index in [9.17, 15) is 0 Å². The molecule has 1 aromatic carbocycles. The lowest BCUT2D eigenvalue weighted by molar-refractivity contribution is 0.279. The third-order valence-corrected chi connectivity index (χ3v) is 4.97. The summed E-state index contributed by atoms with van der Waals surface area (Å²) >= 11 is 3.70. The highest BCUT2D eigenvalue weighted by molar-refractivity contribution is 9.10. The summed E-state index contributed by atoms with van der Waals surface area (Å²) in [7, 11) is 1.98. The molecular formula is C16H25BrN2O. The van der Waals surface area contributed by atoms with E-state index in [1.54, 1.807) is 0 Å².